The van der Waals surface area contributed by atoms with Crippen molar-refractivity contribution in [3.8, 4) is 17.1 Å². The van der Waals surface area contributed by atoms with Gasteiger partial charge >= 0.3 is 0 Å². The number of nitrogens with zero attached hydrogens (tertiary/aromatic N) is 2. The highest BCUT2D eigenvalue weighted by Gasteiger charge is 2.23. The van der Waals surface area contributed by atoms with Crippen LogP contribution in [-0.4, -0.2) is 23.3 Å². The zero-order valence-electron chi connectivity index (χ0n) is 12.4. The SMILES string of the molecule is COc1cccc(-c2noc(CC(N)C(C)(C)C)n2)c1. The lowest BCUT2D eigenvalue weighted by molar-refractivity contribution is 0.286. The molecule has 2 N–H and O–H groups in total. The number of hydrogen-bond acceptors (Lipinski definition) is 5. The van der Waals surface area contributed by atoms with Crippen LogP contribution in [0.15, 0.2) is 28.8 Å². The number of aromatic nitrogens is 2. The number of ether oxygens (including phenoxy) is 1. The normalized spacial score (nSPS) is 13.2. The molecule has 0 radical (unpaired) electrons. The predicted molar refractivity (Wildman–Crippen MR) is 77.4 cm³/mol. The second-order valence-corrected chi connectivity index (χ2v) is 5.92. The van der Waals surface area contributed by atoms with Gasteiger partial charge in [0.2, 0.25) is 11.7 Å². The highest BCUT2D eigenvalue weighted by Crippen LogP contribution is 2.23. The van der Waals surface area contributed by atoms with Crippen LogP contribution in [0.4, 0.5) is 0 Å². The summed E-state index contributed by atoms with van der Waals surface area (Å²) in [7, 11) is 1.63. The third-order valence-electron chi connectivity index (χ3n) is 3.30. The van der Waals surface area contributed by atoms with Crippen LogP contribution in [-0.2, 0) is 6.42 Å². The maximum atomic E-state index is 6.13. The van der Waals surface area contributed by atoms with Gasteiger partial charge in [-0.3, -0.25) is 0 Å². The zero-order chi connectivity index (χ0) is 14.8. The Kier molecular flexibility index (Phi) is 4.09. The van der Waals surface area contributed by atoms with Gasteiger partial charge in [-0.2, -0.15) is 4.98 Å². The Morgan fingerprint density at radius 1 is 1.35 bits per heavy atom. The second-order valence-electron chi connectivity index (χ2n) is 5.92. The summed E-state index contributed by atoms with van der Waals surface area (Å²) in [5.41, 5.74) is 7.00. The molecule has 2 rings (SSSR count). The van der Waals surface area contributed by atoms with Crippen LogP contribution in [0.2, 0.25) is 0 Å². The van der Waals surface area contributed by atoms with Crippen molar-refractivity contribution >= 4 is 0 Å². The van der Waals surface area contributed by atoms with Gasteiger partial charge < -0.3 is 15.0 Å². The Morgan fingerprint density at radius 3 is 2.75 bits per heavy atom. The van der Waals surface area contributed by atoms with Crippen molar-refractivity contribution in [2.24, 2.45) is 11.1 Å². The molecule has 0 aliphatic carbocycles. The Balaban J connectivity index is 2.16. The standard InChI is InChI=1S/C15H21N3O2/c1-15(2,3)12(16)9-13-17-14(18-20-13)10-6-5-7-11(8-10)19-4/h5-8,12H,9,16H2,1-4H3. The van der Waals surface area contributed by atoms with Gasteiger partial charge in [0, 0.05) is 18.0 Å². The Morgan fingerprint density at radius 2 is 2.10 bits per heavy atom. The third-order valence-corrected chi connectivity index (χ3v) is 3.30. The van der Waals surface area contributed by atoms with Crippen molar-refractivity contribution in [1.82, 2.24) is 10.1 Å². The minimum atomic E-state index is -0.0268. The fraction of sp³-hybridized carbons (Fsp3) is 0.467. The molecule has 108 valence electrons. The predicted octanol–water partition coefficient (Wildman–Crippen LogP) is 2.66. The van der Waals surface area contributed by atoms with Gasteiger partial charge in [0.25, 0.3) is 0 Å². The van der Waals surface area contributed by atoms with E-state index in [2.05, 4.69) is 30.9 Å². The molecule has 2 aromatic rings. The van der Waals surface area contributed by atoms with Crippen LogP contribution >= 0.6 is 0 Å². The second kappa shape index (κ2) is 5.63. The number of methoxy groups -OCH3 is 1. The fourth-order valence-corrected chi connectivity index (χ4v) is 1.71. The molecule has 5 heteroatoms. The van der Waals surface area contributed by atoms with Crippen molar-refractivity contribution in [2.75, 3.05) is 7.11 Å². The van der Waals surface area contributed by atoms with E-state index < -0.39 is 0 Å². The van der Waals surface area contributed by atoms with Gasteiger partial charge in [0.1, 0.15) is 5.75 Å². The first-order valence-corrected chi connectivity index (χ1v) is 6.63. The maximum Gasteiger partial charge on any atom is 0.228 e. The Hall–Kier alpha value is -1.88. The molecular weight excluding hydrogens is 254 g/mol. The Labute approximate surface area is 119 Å². The topological polar surface area (TPSA) is 74.2 Å². The first kappa shape index (κ1) is 14.5. The van der Waals surface area contributed by atoms with Gasteiger partial charge in [-0.1, -0.05) is 38.1 Å². The molecular formula is C15H21N3O2. The third kappa shape index (κ3) is 3.36. The van der Waals surface area contributed by atoms with Crippen molar-refractivity contribution in [3.63, 3.8) is 0 Å². The van der Waals surface area contributed by atoms with Crippen molar-refractivity contribution < 1.29 is 9.26 Å². The summed E-state index contributed by atoms with van der Waals surface area (Å²) in [6.07, 6.45) is 0.570. The van der Waals surface area contributed by atoms with E-state index in [9.17, 15) is 0 Å². The minimum Gasteiger partial charge on any atom is -0.497 e. The quantitative estimate of drug-likeness (QED) is 0.928. The molecule has 1 aromatic carbocycles. The lowest BCUT2D eigenvalue weighted by atomic mass is 9.85. The largest absolute Gasteiger partial charge is 0.497 e. The van der Waals surface area contributed by atoms with Gasteiger partial charge in [-0.05, 0) is 17.5 Å². The average molecular weight is 275 g/mol. The van der Waals surface area contributed by atoms with Gasteiger partial charge in [-0.25, -0.2) is 0 Å². The van der Waals surface area contributed by atoms with Gasteiger partial charge in [0.05, 0.1) is 7.11 Å². The minimum absolute atomic E-state index is 0.00456. The zero-order valence-corrected chi connectivity index (χ0v) is 12.4. The highest BCUT2D eigenvalue weighted by atomic mass is 16.5. The monoisotopic (exact) mass is 275 g/mol. The number of nitrogens with two attached hydrogens (primary N) is 1. The molecule has 0 fully saturated rings. The van der Waals surface area contributed by atoms with E-state index in [1.807, 2.05) is 24.3 Å². The van der Waals surface area contributed by atoms with E-state index in [0.717, 1.165) is 11.3 Å². The van der Waals surface area contributed by atoms with Crippen LogP contribution in [0.5, 0.6) is 5.75 Å². The average Bonchev–Trinajstić information content (AvgIpc) is 2.86. The molecule has 0 aliphatic rings. The molecule has 1 aromatic heterocycles. The first-order valence-electron chi connectivity index (χ1n) is 6.63. The van der Waals surface area contributed by atoms with E-state index in [1.165, 1.54) is 0 Å². The van der Waals surface area contributed by atoms with Crippen LogP contribution in [0.1, 0.15) is 26.7 Å². The molecule has 0 amide bonds. The van der Waals surface area contributed by atoms with Gasteiger partial charge in [-0.15, -0.1) is 0 Å². The van der Waals surface area contributed by atoms with E-state index >= 15 is 0 Å². The van der Waals surface area contributed by atoms with E-state index in [-0.39, 0.29) is 11.5 Å². The summed E-state index contributed by atoms with van der Waals surface area (Å²) >= 11 is 0. The molecule has 20 heavy (non-hydrogen) atoms. The maximum absolute atomic E-state index is 6.13. The molecule has 1 unspecified atom stereocenters. The van der Waals surface area contributed by atoms with Crippen LogP contribution in [0.25, 0.3) is 11.4 Å². The molecule has 1 atom stereocenters. The first-order chi connectivity index (χ1) is 9.40. The number of benzene rings is 1. The Bertz CT molecular complexity index is 572. The van der Waals surface area contributed by atoms with Crippen molar-refractivity contribution in [1.29, 1.82) is 0 Å². The van der Waals surface area contributed by atoms with Crippen LogP contribution < -0.4 is 10.5 Å². The summed E-state index contributed by atoms with van der Waals surface area (Å²) in [5.74, 6) is 1.88. The van der Waals surface area contributed by atoms with E-state index in [0.29, 0.717) is 18.1 Å². The lowest BCUT2D eigenvalue weighted by Gasteiger charge is -2.25. The van der Waals surface area contributed by atoms with Crippen LogP contribution in [0.3, 0.4) is 0 Å². The van der Waals surface area contributed by atoms with Crippen molar-refractivity contribution in [3.05, 3.63) is 30.2 Å². The summed E-state index contributed by atoms with van der Waals surface area (Å²) < 4.78 is 10.5. The summed E-state index contributed by atoms with van der Waals surface area (Å²) in [6.45, 7) is 6.28. The fourth-order valence-electron chi connectivity index (χ4n) is 1.71. The molecule has 1 heterocycles. The molecule has 5 nitrogen and oxygen atoms in total. The molecule has 0 aliphatic heterocycles. The lowest BCUT2D eigenvalue weighted by Crippen LogP contribution is -2.36. The summed E-state index contributed by atoms with van der Waals surface area (Å²) in [6, 6.07) is 7.53. The smallest absolute Gasteiger partial charge is 0.228 e. The molecule has 0 spiro atoms. The molecule has 0 bridgehead atoms. The highest BCUT2D eigenvalue weighted by molar-refractivity contribution is 5.56. The van der Waals surface area contributed by atoms with E-state index in [4.69, 9.17) is 15.0 Å². The molecule has 0 saturated heterocycles. The number of rotatable bonds is 4. The van der Waals surface area contributed by atoms with Crippen molar-refractivity contribution in [2.45, 2.75) is 33.2 Å². The summed E-state index contributed by atoms with van der Waals surface area (Å²) in [5, 5.41) is 4.00. The van der Waals surface area contributed by atoms with Crippen LogP contribution in [0, 0.1) is 5.41 Å². The summed E-state index contributed by atoms with van der Waals surface area (Å²) in [4.78, 5) is 4.40. The molecule has 0 saturated carbocycles. The number of hydrogen-bond donors (Lipinski definition) is 1. The van der Waals surface area contributed by atoms with E-state index in [1.54, 1.807) is 7.11 Å². The van der Waals surface area contributed by atoms with Gasteiger partial charge in [0.15, 0.2) is 0 Å².